The Bertz CT molecular complexity index is 2010. The van der Waals surface area contributed by atoms with Gasteiger partial charge >= 0.3 is 23.9 Å². The minimum Gasteiger partial charge on any atom is -0.467 e. The molecule has 4 N–H and O–H groups in total. The zero-order valence-electron chi connectivity index (χ0n) is 36.1. The van der Waals surface area contributed by atoms with Crippen LogP contribution in [0.15, 0.2) is 64.3 Å². The highest BCUT2D eigenvalue weighted by Gasteiger charge is 2.75. The van der Waals surface area contributed by atoms with Crippen molar-refractivity contribution < 1.29 is 72.2 Å². The van der Waals surface area contributed by atoms with Crippen LogP contribution in [-0.4, -0.2) is 110 Å². The predicted molar refractivity (Wildman–Crippen MR) is 219 cm³/mol. The lowest BCUT2D eigenvalue weighted by Crippen LogP contribution is -2.79. The predicted octanol–water partition coefficient (Wildman–Crippen LogP) is 4.78. The van der Waals surface area contributed by atoms with E-state index < -0.39 is 111 Å². The Morgan fingerprint density at radius 3 is 2.18 bits per heavy atom. The molecule has 1 saturated carbocycles. The number of amides is 1. The molecule has 16 nitrogen and oxygen atoms in total. The number of fused-ring (bicyclic) bond motifs is 1. The van der Waals surface area contributed by atoms with Gasteiger partial charge in [0, 0.05) is 36.9 Å². The van der Waals surface area contributed by atoms with Gasteiger partial charge in [-0.1, -0.05) is 64.6 Å². The Hall–Kier alpha value is -4.55. The van der Waals surface area contributed by atoms with Crippen molar-refractivity contribution in [2.75, 3.05) is 6.61 Å². The lowest BCUT2D eigenvalue weighted by molar-refractivity contribution is -0.342. The third kappa shape index (κ3) is 9.17. The number of hydrogen-bond donors (Lipinski definition) is 4. The number of esters is 4. The quantitative estimate of drug-likeness (QED) is 0.0918. The van der Waals surface area contributed by atoms with Crippen LogP contribution in [-0.2, 0) is 42.9 Å². The van der Waals surface area contributed by atoms with Gasteiger partial charge in [-0.2, -0.15) is 0 Å². The first-order valence-electron chi connectivity index (χ1n) is 20.1. The third-order valence-electron chi connectivity index (χ3n) is 12.3. The monoisotopic (exact) mass is 871 g/mol. The Kier molecular flexibility index (Phi) is 13.8. The van der Waals surface area contributed by atoms with Gasteiger partial charge in [0.25, 0.3) is 5.24 Å². The van der Waals surface area contributed by atoms with Crippen molar-refractivity contribution in [3.63, 3.8) is 0 Å². The molecular weight excluding hydrogens is 815 g/mol. The molecule has 0 radical (unpaired) electrons. The fourth-order valence-electron chi connectivity index (χ4n) is 9.36. The zero-order chi connectivity index (χ0) is 45.5. The van der Waals surface area contributed by atoms with Gasteiger partial charge in [0.2, 0.25) is 0 Å². The molecule has 0 bridgehead atoms. The van der Waals surface area contributed by atoms with E-state index in [1.54, 1.807) is 59.7 Å². The van der Waals surface area contributed by atoms with E-state index in [1.165, 1.54) is 51.3 Å². The van der Waals surface area contributed by atoms with Gasteiger partial charge < -0.3 is 53.5 Å². The molecule has 11 atom stereocenters. The molecule has 1 amide bonds. The number of thioether (sulfide) groups is 1. The summed E-state index contributed by atoms with van der Waals surface area (Å²) in [6.45, 7) is 15.2. The number of rotatable bonds is 13. The second kappa shape index (κ2) is 17.7. The van der Waals surface area contributed by atoms with E-state index in [0.717, 1.165) is 18.7 Å². The number of aliphatic hydroxyl groups excluding tert-OH is 2. The summed E-state index contributed by atoms with van der Waals surface area (Å²) in [6.07, 6.45) is -7.91. The number of aliphatic hydroxyl groups is 3. The molecule has 2 aliphatic carbocycles. The van der Waals surface area contributed by atoms with Crippen molar-refractivity contribution in [2.24, 2.45) is 16.7 Å². The normalized spacial score (nSPS) is 30.2. The van der Waals surface area contributed by atoms with Gasteiger partial charge in [-0.05, 0) is 56.2 Å². The van der Waals surface area contributed by atoms with E-state index in [0.29, 0.717) is 11.9 Å². The molecule has 61 heavy (non-hydrogen) atoms. The maximum absolute atomic E-state index is 14.3. The van der Waals surface area contributed by atoms with Crippen LogP contribution in [0.3, 0.4) is 0 Å². The van der Waals surface area contributed by atoms with Gasteiger partial charge in [-0.25, -0.2) is 9.59 Å². The lowest BCUT2D eigenvalue weighted by atomic mass is 9.49. The largest absolute Gasteiger partial charge is 0.467 e. The number of furan rings is 1. The standard InChI is InChI=1S/C44H57NO15S/c1-23-29(58-38(52)34(50)33(28-17-14-18-55-28)45-39(53)61-40(5,6)7)20-44(54,41(8,9)32(23)24(2)57-25(3)47)36(59-37(51)27-15-12-11-13-16-27)35-42(10,21-46)30(49)19-31-43(35,22-56-31)60-26(4)48/h11-18,21,24,29-31,33-36,49-50,54H,19-20,22H2,1-10H3,(H,45,53)/t24-,29-,30-,31+,33-,34+,35-,36-,42+,43-,44+/m0/s1. The number of hydrogen-bond acceptors (Lipinski definition) is 16. The number of benzene rings is 1. The Morgan fingerprint density at radius 2 is 1.66 bits per heavy atom. The van der Waals surface area contributed by atoms with Crippen molar-refractivity contribution in [3.8, 4) is 0 Å². The first-order chi connectivity index (χ1) is 28.3. The average molecular weight is 872 g/mol. The van der Waals surface area contributed by atoms with E-state index in [4.69, 9.17) is 28.1 Å². The summed E-state index contributed by atoms with van der Waals surface area (Å²) in [5.74, 6) is -5.13. The van der Waals surface area contributed by atoms with Gasteiger partial charge in [0.15, 0.2) is 11.7 Å². The highest BCUT2D eigenvalue weighted by molar-refractivity contribution is 8.14. The molecular formula is C44H57NO15S. The number of ether oxygens (including phenoxy) is 5. The Balaban J connectivity index is 1.70. The van der Waals surface area contributed by atoms with Crippen molar-refractivity contribution >= 4 is 47.2 Å². The molecule has 1 aromatic carbocycles. The maximum Gasteiger partial charge on any atom is 0.338 e. The average Bonchev–Trinajstić information content (AvgIpc) is 3.70. The summed E-state index contributed by atoms with van der Waals surface area (Å²) >= 11 is 0.924. The number of carbonyl (C=O) groups excluding carboxylic acids is 6. The van der Waals surface area contributed by atoms with Gasteiger partial charge in [0.1, 0.15) is 48.1 Å². The molecule has 3 aliphatic rings. The van der Waals surface area contributed by atoms with Crippen molar-refractivity contribution in [1.29, 1.82) is 0 Å². The van der Waals surface area contributed by atoms with E-state index in [-0.39, 0.29) is 29.9 Å². The Labute approximate surface area is 359 Å². The molecule has 17 heteroatoms. The Morgan fingerprint density at radius 1 is 1.00 bits per heavy atom. The number of nitrogens with one attached hydrogen (secondary N) is 1. The van der Waals surface area contributed by atoms with Crippen LogP contribution in [0.25, 0.3) is 0 Å². The summed E-state index contributed by atoms with van der Waals surface area (Å²) in [5.41, 5.74) is -7.05. The van der Waals surface area contributed by atoms with E-state index in [1.807, 2.05) is 0 Å². The van der Waals surface area contributed by atoms with Crippen LogP contribution in [0.1, 0.15) is 104 Å². The fraction of sp³-hybridized carbons (Fsp3) is 0.591. The number of aldehydes is 1. The zero-order valence-corrected chi connectivity index (χ0v) is 36.9. The highest BCUT2D eigenvalue weighted by atomic mass is 32.2. The molecule has 2 heterocycles. The first-order valence-corrected chi connectivity index (χ1v) is 20.9. The van der Waals surface area contributed by atoms with Crippen molar-refractivity contribution in [3.05, 3.63) is 71.2 Å². The molecule has 1 aromatic heterocycles. The van der Waals surface area contributed by atoms with Crippen LogP contribution in [0.2, 0.25) is 0 Å². The molecule has 1 aliphatic heterocycles. The highest BCUT2D eigenvalue weighted by Crippen LogP contribution is 2.61. The summed E-state index contributed by atoms with van der Waals surface area (Å²) in [7, 11) is 0. The van der Waals surface area contributed by atoms with Crippen LogP contribution in [0, 0.1) is 16.7 Å². The minimum atomic E-state index is -2.44. The van der Waals surface area contributed by atoms with Crippen LogP contribution in [0.5, 0.6) is 0 Å². The first kappa shape index (κ1) is 47.5. The summed E-state index contributed by atoms with van der Waals surface area (Å²) in [6, 6.07) is 9.34. The molecule has 5 rings (SSSR count). The maximum atomic E-state index is 14.3. The molecule has 0 unspecified atom stereocenters. The van der Waals surface area contributed by atoms with Gasteiger partial charge in [-0.15, -0.1) is 0 Å². The second-order valence-corrected chi connectivity index (χ2v) is 19.7. The van der Waals surface area contributed by atoms with Crippen molar-refractivity contribution in [1.82, 2.24) is 5.32 Å². The summed E-state index contributed by atoms with van der Waals surface area (Å²) < 4.78 is 35.0. The molecule has 1 saturated heterocycles. The van der Waals surface area contributed by atoms with Crippen LogP contribution in [0.4, 0.5) is 4.79 Å². The van der Waals surface area contributed by atoms with Crippen molar-refractivity contribution in [2.45, 2.75) is 141 Å². The van der Waals surface area contributed by atoms with Gasteiger partial charge in [-0.3, -0.25) is 14.4 Å². The molecule has 2 aromatic rings. The van der Waals surface area contributed by atoms with E-state index in [2.05, 4.69) is 5.32 Å². The van der Waals surface area contributed by atoms with E-state index >= 15 is 0 Å². The summed E-state index contributed by atoms with van der Waals surface area (Å²) in [5, 5.41) is 39.1. The number of carbonyl (C=O) groups is 6. The fourth-order valence-corrected chi connectivity index (χ4v) is 10.1. The SMILES string of the molecule is CC(=O)O[C@@H](C)C1=C(C)[C@@H](OC(=O)[C@H](O)[C@@H](NC(=O)SC(C)(C)C)c2ccco2)C[C@@](O)([C@@H](OC(=O)c2ccccc2)[C@H]2[C@](C)(C=O)[C@@H](O)C[C@H]3OC[C@]32OC(C)=O)C1(C)C. The topological polar surface area (TPSA) is 234 Å². The third-order valence-corrected chi connectivity index (χ3v) is 13.2. The van der Waals surface area contributed by atoms with Crippen LogP contribution >= 0.6 is 11.8 Å². The van der Waals surface area contributed by atoms with Crippen LogP contribution < -0.4 is 5.32 Å². The second-order valence-electron chi connectivity index (χ2n) is 17.9. The molecule has 0 spiro atoms. The lowest BCUT2D eigenvalue weighted by Gasteiger charge is -2.65. The summed E-state index contributed by atoms with van der Waals surface area (Å²) in [4.78, 5) is 80.4. The molecule has 334 valence electrons. The molecule has 2 fully saturated rings. The smallest absolute Gasteiger partial charge is 0.338 e. The van der Waals surface area contributed by atoms with Gasteiger partial charge in [0.05, 0.1) is 35.9 Å². The minimum absolute atomic E-state index is 0.0370. The van der Waals surface area contributed by atoms with E-state index in [9.17, 15) is 44.1 Å².